The van der Waals surface area contributed by atoms with E-state index < -0.39 is 5.97 Å². The Morgan fingerprint density at radius 1 is 1.19 bits per heavy atom. The minimum atomic E-state index is -0.721. The molecule has 1 aromatic rings. The number of hydrogen-bond acceptors (Lipinski definition) is 7. The van der Waals surface area contributed by atoms with Gasteiger partial charge in [-0.15, -0.1) is 0 Å². The van der Waals surface area contributed by atoms with E-state index in [1.807, 2.05) is 0 Å². The van der Waals surface area contributed by atoms with Crippen LogP contribution in [-0.2, 0) is 14.3 Å². The zero-order chi connectivity index (χ0) is 20.0. The molecule has 1 aliphatic heterocycles. The lowest BCUT2D eigenvalue weighted by molar-refractivity contribution is -0.138. The fourth-order valence-corrected chi connectivity index (χ4v) is 3.31. The lowest BCUT2D eigenvalue weighted by Gasteiger charge is -2.08. The van der Waals surface area contributed by atoms with Gasteiger partial charge in [-0.25, -0.2) is 9.79 Å². The van der Waals surface area contributed by atoms with E-state index in [-0.39, 0.29) is 35.3 Å². The maximum absolute atomic E-state index is 12.2. The number of carbonyl (C=O) groups excluding carboxylic acids is 2. The molecule has 0 fully saturated rings. The van der Waals surface area contributed by atoms with E-state index in [1.165, 1.54) is 14.2 Å². The van der Waals surface area contributed by atoms with E-state index in [1.54, 1.807) is 38.1 Å². The van der Waals surface area contributed by atoms with Crippen LogP contribution in [0.3, 0.4) is 0 Å². The molecule has 0 aromatic heterocycles. The second-order valence-electron chi connectivity index (χ2n) is 5.33. The molecule has 1 N–H and O–H groups in total. The third kappa shape index (κ3) is 4.71. The van der Waals surface area contributed by atoms with Crippen LogP contribution in [0.15, 0.2) is 39.4 Å². The highest BCUT2D eigenvalue weighted by molar-refractivity contribution is 8.18. The number of ether oxygens (including phenoxy) is 3. The topological polar surface area (TPSA) is 94.4 Å². The number of esters is 1. The lowest BCUT2D eigenvalue weighted by atomic mass is 10.1. The first-order valence-electron chi connectivity index (χ1n) is 8.29. The minimum Gasteiger partial charge on any atom is -0.506 e. The van der Waals surface area contributed by atoms with Crippen molar-refractivity contribution in [3.8, 4) is 11.5 Å². The summed E-state index contributed by atoms with van der Waals surface area (Å²) in [7, 11) is 3.06. The summed E-state index contributed by atoms with van der Waals surface area (Å²) in [6.07, 6.45) is 1.86. The van der Waals surface area contributed by atoms with Crippen molar-refractivity contribution in [1.29, 1.82) is 0 Å². The van der Waals surface area contributed by atoms with Crippen LogP contribution in [0.1, 0.15) is 25.8 Å². The number of amides is 1. The number of aliphatic hydroxyl groups is 1. The van der Waals surface area contributed by atoms with E-state index in [0.29, 0.717) is 22.0 Å². The van der Waals surface area contributed by atoms with E-state index in [9.17, 15) is 14.7 Å². The Labute approximate surface area is 161 Å². The quantitative estimate of drug-likeness (QED) is 0.742. The molecule has 0 aliphatic carbocycles. The number of thioether (sulfide) groups is 1. The molecule has 1 amide bonds. The first-order valence-corrected chi connectivity index (χ1v) is 9.10. The van der Waals surface area contributed by atoms with Gasteiger partial charge in [0.1, 0.15) is 16.4 Å². The molecule has 8 heteroatoms. The average Bonchev–Trinajstić information content (AvgIpc) is 2.96. The summed E-state index contributed by atoms with van der Waals surface area (Å²) >= 11 is 1.04. The Morgan fingerprint density at radius 2 is 1.89 bits per heavy atom. The normalized spacial score (nSPS) is 16.7. The van der Waals surface area contributed by atoms with Crippen LogP contribution in [0.25, 0.3) is 6.08 Å². The van der Waals surface area contributed by atoms with Crippen molar-refractivity contribution in [3.05, 3.63) is 40.0 Å². The molecule has 1 heterocycles. The van der Waals surface area contributed by atoms with Gasteiger partial charge in [0, 0.05) is 6.42 Å². The van der Waals surface area contributed by atoms with Gasteiger partial charge in [-0.1, -0.05) is 24.8 Å². The van der Waals surface area contributed by atoms with Gasteiger partial charge in [-0.3, -0.25) is 4.79 Å². The summed E-state index contributed by atoms with van der Waals surface area (Å²) in [5.74, 6) is -0.281. The molecule has 0 bridgehead atoms. The first-order chi connectivity index (χ1) is 12.9. The van der Waals surface area contributed by atoms with E-state index in [4.69, 9.17) is 14.2 Å². The van der Waals surface area contributed by atoms with Gasteiger partial charge in [0.2, 0.25) is 5.91 Å². The highest BCUT2D eigenvalue weighted by atomic mass is 32.2. The fraction of sp³-hybridized carbons (Fsp3) is 0.316. The summed E-state index contributed by atoms with van der Waals surface area (Å²) in [5, 5.41) is 10.7. The van der Waals surface area contributed by atoms with Crippen LogP contribution >= 0.6 is 11.8 Å². The van der Waals surface area contributed by atoms with Gasteiger partial charge >= 0.3 is 5.97 Å². The van der Waals surface area contributed by atoms with Crippen molar-refractivity contribution < 1.29 is 28.9 Å². The molecule has 0 atom stereocenters. The first kappa shape index (κ1) is 20.6. The standard InChI is InChI=1S/C19H21NO6S/c1-5-15(21)20-18-16(19(23)26-6-2)17(22)14(27-18)10-11-7-8-12(24-3)13(9-11)25-4/h7-10,22H,5-6H2,1-4H3/b14-10-,20-18?. The predicted octanol–water partition coefficient (Wildman–Crippen LogP) is 3.50. The monoisotopic (exact) mass is 391 g/mol. The van der Waals surface area contributed by atoms with E-state index >= 15 is 0 Å². The molecular formula is C19H21NO6S. The number of carbonyl (C=O) groups is 2. The maximum atomic E-state index is 12.2. The van der Waals surface area contributed by atoms with E-state index in [2.05, 4.69) is 4.99 Å². The number of hydrogen-bond donors (Lipinski definition) is 1. The Hall–Kier alpha value is -2.74. The highest BCUT2D eigenvalue weighted by Gasteiger charge is 2.33. The van der Waals surface area contributed by atoms with Crippen molar-refractivity contribution >= 4 is 34.8 Å². The number of methoxy groups -OCH3 is 2. The number of aliphatic hydroxyl groups excluding tert-OH is 1. The van der Waals surface area contributed by atoms with Crippen molar-refractivity contribution in [2.45, 2.75) is 20.3 Å². The molecule has 1 aromatic carbocycles. The second kappa shape index (κ2) is 9.27. The number of aliphatic imine (C=N–C) groups is 1. The predicted molar refractivity (Wildman–Crippen MR) is 104 cm³/mol. The molecule has 2 rings (SSSR count). The van der Waals surface area contributed by atoms with Crippen LogP contribution in [0.2, 0.25) is 0 Å². The zero-order valence-corrected chi connectivity index (χ0v) is 16.4. The van der Waals surface area contributed by atoms with Gasteiger partial charge < -0.3 is 19.3 Å². The highest BCUT2D eigenvalue weighted by Crippen LogP contribution is 2.40. The van der Waals surface area contributed by atoms with Gasteiger partial charge in [0.15, 0.2) is 11.5 Å². The molecule has 0 unspecified atom stereocenters. The molecule has 144 valence electrons. The van der Waals surface area contributed by atoms with Crippen LogP contribution in [0, 0.1) is 0 Å². The number of rotatable bonds is 6. The molecular weight excluding hydrogens is 370 g/mol. The summed E-state index contributed by atoms with van der Waals surface area (Å²) in [5.41, 5.74) is 0.614. The van der Waals surface area contributed by atoms with Crippen molar-refractivity contribution in [2.24, 2.45) is 4.99 Å². The third-order valence-electron chi connectivity index (χ3n) is 3.60. The largest absolute Gasteiger partial charge is 0.506 e. The van der Waals surface area contributed by atoms with Crippen LogP contribution in [0.4, 0.5) is 0 Å². The van der Waals surface area contributed by atoms with Gasteiger partial charge in [0.25, 0.3) is 0 Å². The molecule has 7 nitrogen and oxygen atoms in total. The SMILES string of the molecule is CCOC(=O)C1=C(O)/C(=C/c2ccc(OC)c(OC)c2)SC1=NC(=O)CC. The van der Waals surface area contributed by atoms with Gasteiger partial charge in [-0.2, -0.15) is 0 Å². The number of benzene rings is 1. The van der Waals surface area contributed by atoms with Crippen LogP contribution in [0.5, 0.6) is 11.5 Å². The zero-order valence-electron chi connectivity index (χ0n) is 15.6. The Morgan fingerprint density at radius 3 is 2.48 bits per heavy atom. The average molecular weight is 391 g/mol. The van der Waals surface area contributed by atoms with Crippen molar-refractivity contribution in [2.75, 3.05) is 20.8 Å². The Balaban J connectivity index is 2.48. The minimum absolute atomic E-state index is 0.102. The third-order valence-corrected chi connectivity index (χ3v) is 4.62. The van der Waals surface area contributed by atoms with Crippen LogP contribution < -0.4 is 9.47 Å². The summed E-state index contributed by atoms with van der Waals surface area (Å²) < 4.78 is 15.5. The second-order valence-corrected chi connectivity index (χ2v) is 6.36. The van der Waals surface area contributed by atoms with Crippen molar-refractivity contribution in [1.82, 2.24) is 0 Å². The molecule has 1 aliphatic rings. The Kier molecular flexibility index (Phi) is 7.06. The lowest BCUT2D eigenvalue weighted by Crippen LogP contribution is -2.14. The van der Waals surface area contributed by atoms with E-state index in [0.717, 1.165) is 11.8 Å². The maximum Gasteiger partial charge on any atom is 0.344 e. The molecule has 0 spiro atoms. The summed E-state index contributed by atoms with van der Waals surface area (Å²) in [4.78, 5) is 28.2. The van der Waals surface area contributed by atoms with Crippen molar-refractivity contribution in [3.63, 3.8) is 0 Å². The molecule has 0 radical (unpaired) electrons. The summed E-state index contributed by atoms with van der Waals surface area (Å²) in [6, 6.07) is 5.24. The molecule has 0 saturated heterocycles. The number of nitrogens with zero attached hydrogens (tertiary/aromatic N) is 1. The fourth-order valence-electron chi connectivity index (χ4n) is 2.28. The van der Waals surface area contributed by atoms with Gasteiger partial charge in [0.05, 0.1) is 25.7 Å². The van der Waals surface area contributed by atoms with Gasteiger partial charge in [-0.05, 0) is 30.7 Å². The molecule has 27 heavy (non-hydrogen) atoms. The molecule has 0 saturated carbocycles. The smallest absolute Gasteiger partial charge is 0.344 e. The summed E-state index contributed by atoms with van der Waals surface area (Å²) in [6.45, 7) is 3.47. The van der Waals surface area contributed by atoms with Crippen LogP contribution in [-0.4, -0.2) is 42.9 Å². The Bertz CT molecular complexity index is 841.